The van der Waals surface area contributed by atoms with Crippen molar-refractivity contribution in [1.29, 1.82) is 5.26 Å². The maximum atomic E-state index is 14.0. The van der Waals surface area contributed by atoms with Gasteiger partial charge in [0.05, 0.1) is 6.07 Å². The van der Waals surface area contributed by atoms with E-state index in [2.05, 4.69) is 0 Å². The molecule has 0 N–H and O–H groups in total. The van der Waals surface area contributed by atoms with E-state index in [1.54, 1.807) is 24.3 Å². The molecule has 1 aliphatic rings. The van der Waals surface area contributed by atoms with Crippen molar-refractivity contribution in [1.82, 2.24) is 0 Å². The number of hydrogen-bond acceptors (Lipinski definition) is 1. The fourth-order valence-corrected chi connectivity index (χ4v) is 1.95. The Hall–Kier alpha value is -1.43. The summed E-state index contributed by atoms with van der Waals surface area (Å²) < 4.78 is 28.1. The fraction of sp³-hybridized carbons (Fsp3) is 0.417. The van der Waals surface area contributed by atoms with Gasteiger partial charge >= 0.3 is 0 Å². The highest BCUT2D eigenvalue weighted by molar-refractivity contribution is 5.27. The summed E-state index contributed by atoms with van der Waals surface area (Å²) in [6.45, 7) is 0. The van der Waals surface area contributed by atoms with Gasteiger partial charge in [0.2, 0.25) is 0 Å². The molecule has 1 aliphatic carbocycles. The predicted octanol–water partition coefficient (Wildman–Crippen LogP) is 3.47. The lowest BCUT2D eigenvalue weighted by Gasteiger charge is -2.41. The molecule has 0 bridgehead atoms. The molecule has 0 saturated heterocycles. The maximum Gasteiger partial charge on any atom is 0.291 e. The first kappa shape index (κ1) is 10.1. The molecule has 2 rings (SSSR count). The van der Waals surface area contributed by atoms with Crippen LogP contribution in [-0.2, 0) is 5.92 Å². The van der Waals surface area contributed by atoms with E-state index in [4.69, 9.17) is 5.26 Å². The van der Waals surface area contributed by atoms with Crippen LogP contribution in [0.2, 0.25) is 0 Å². The zero-order valence-corrected chi connectivity index (χ0v) is 8.21. The summed E-state index contributed by atoms with van der Waals surface area (Å²) in [6.07, 6.45) is 1.31. The highest BCUT2D eigenvalue weighted by Gasteiger charge is 2.58. The molecule has 1 aromatic rings. The van der Waals surface area contributed by atoms with Gasteiger partial charge in [0.1, 0.15) is 5.41 Å². The van der Waals surface area contributed by atoms with Crippen molar-refractivity contribution in [2.75, 3.05) is 0 Å². The summed E-state index contributed by atoms with van der Waals surface area (Å²) in [5.41, 5.74) is -1.51. The summed E-state index contributed by atoms with van der Waals surface area (Å²) in [4.78, 5) is 0. The van der Waals surface area contributed by atoms with Crippen LogP contribution in [-0.4, -0.2) is 0 Å². The van der Waals surface area contributed by atoms with Crippen molar-refractivity contribution >= 4 is 0 Å². The molecule has 0 heterocycles. The number of hydrogen-bond donors (Lipinski definition) is 0. The van der Waals surface area contributed by atoms with E-state index in [0.717, 1.165) is 6.42 Å². The van der Waals surface area contributed by atoms with Crippen LogP contribution in [0.4, 0.5) is 8.78 Å². The first-order valence-corrected chi connectivity index (χ1v) is 4.97. The normalized spacial score (nSPS) is 19.0. The minimum absolute atomic E-state index is 0.0498. The number of halogens is 2. The van der Waals surface area contributed by atoms with Crippen molar-refractivity contribution in [2.24, 2.45) is 5.41 Å². The van der Waals surface area contributed by atoms with Gasteiger partial charge in [-0.05, 0) is 19.3 Å². The highest BCUT2D eigenvalue weighted by atomic mass is 19.3. The van der Waals surface area contributed by atoms with E-state index in [1.165, 1.54) is 12.1 Å². The summed E-state index contributed by atoms with van der Waals surface area (Å²) in [5, 5.41) is 8.90. The Balaban J connectivity index is 2.39. The largest absolute Gasteiger partial charge is 0.291 e. The van der Waals surface area contributed by atoms with Crippen molar-refractivity contribution in [3.05, 3.63) is 35.9 Å². The third-order valence-corrected chi connectivity index (χ3v) is 3.16. The molecule has 78 valence electrons. The second-order valence-corrected chi connectivity index (χ2v) is 3.99. The summed E-state index contributed by atoms with van der Waals surface area (Å²) in [6, 6.07) is 9.42. The number of benzene rings is 1. The van der Waals surface area contributed by atoms with Crippen molar-refractivity contribution < 1.29 is 8.78 Å². The smallest absolute Gasteiger partial charge is 0.200 e. The minimum Gasteiger partial charge on any atom is -0.200 e. The monoisotopic (exact) mass is 207 g/mol. The van der Waals surface area contributed by atoms with Crippen LogP contribution in [0.25, 0.3) is 0 Å². The van der Waals surface area contributed by atoms with E-state index in [9.17, 15) is 8.78 Å². The Morgan fingerprint density at radius 3 is 2.20 bits per heavy atom. The molecule has 1 nitrogen and oxygen atoms in total. The van der Waals surface area contributed by atoms with E-state index < -0.39 is 11.3 Å². The third kappa shape index (κ3) is 1.32. The Bertz CT molecular complexity index is 388. The molecular weight excluding hydrogens is 196 g/mol. The fourth-order valence-electron chi connectivity index (χ4n) is 1.95. The van der Waals surface area contributed by atoms with E-state index in [0.29, 0.717) is 12.8 Å². The van der Waals surface area contributed by atoms with Crippen molar-refractivity contribution in [3.8, 4) is 6.07 Å². The van der Waals surface area contributed by atoms with E-state index in [1.807, 2.05) is 0 Å². The van der Waals surface area contributed by atoms with Gasteiger partial charge in [-0.2, -0.15) is 14.0 Å². The van der Waals surface area contributed by atoms with Crippen LogP contribution >= 0.6 is 0 Å². The molecule has 1 fully saturated rings. The van der Waals surface area contributed by atoms with Crippen LogP contribution in [0, 0.1) is 16.7 Å². The van der Waals surface area contributed by atoms with Gasteiger partial charge in [0.15, 0.2) is 0 Å². The number of rotatable bonds is 2. The van der Waals surface area contributed by atoms with Crippen LogP contribution in [0.1, 0.15) is 24.8 Å². The van der Waals surface area contributed by atoms with Gasteiger partial charge in [-0.3, -0.25) is 0 Å². The SMILES string of the molecule is N#CC1(C(F)(F)c2ccccc2)CCC1. The second kappa shape index (κ2) is 3.30. The second-order valence-electron chi connectivity index (χ2n) is 3.99. The van der Waals surface area contributed by atoms with Gasteiger partial charge in [-0.25, -0.2) is 0 Å². The molecule has 0 amide bonds. The topological polar surface area (TPSA) is 23.8 Å². The van der Waals surface area contributed by atoms with Crippen LogP contribution in [0.3, 0.4) is 0 Å². The first-order chi connectivity index (χ1) is 7.12. The molecule has 1 aromatic carbocycles. The molecule has 0 radical (unpaired) electrons. The Kier molecular flexibility index (Phi) is 2.22. The van der Waals surface area contributed by atoms with Crippen molar-refractivity contribution in [2.45, 2.75) is 25.2 Å². The summed E-state index contributed by atoms with van der Waals surface area (Å²) in [5.74, 6) is -3.03. The Morgan fingerprint density at radius 2 is 1.80 bits per heavy atom. The van der Waals surface area contributed by atoms with Gasteiger partial charge in [0, 0.05) is 5.56 Å². The number of nitriles is 1. The number of alkyl halides is 2. The summed E-state index contributed by atoms with van der Waals surface area (Å²) >= 11 is 0. The predicted molar refractivity (Wildman–Crippen MR) is 52.2 cm³/mol. The molecule has 0 atom stereocenters. The molecule has 1 saturated carbocycles. The van der Waals surface area contributed by atoms with Crippen molar-refractivity contribution in [3.63, 3.8) is 0 Å². The van der Waals surface area contributed by atoms with E-state index in [-0.39, 0.29) is 5.56 Å². The zero-order valence-electron chi connectivity index (χ0n) is 8.21. The van der Waals surface area contributed by atoms with Crippen LogP contribution in [0.15, 0.2) is 30.3 Å². The third-order valence-electron chi connectivity index (χ3n) is 3.16. The Morgan fingerprint density at radius 1 is 1.20 bits per heavy atom. The Labute approximate surface area is 87.3 Å². The first-order valence-electron chi connectivity index (χ1n) is 4.97. The lowest BCUT2D eigenvalue weighted by molar-refractivity contribution is -0.137. The van der Waals surface area contributed by atoms with Gasteiger partial charge < -0.3 is 0 Å². The highest BCUT2D eigenvalue weighted by Crippen LogP contribution is 2.56. The van der Waals surface area contributed by atoms with E-state index >= 15 is 0 Å². The molecule has 3 heteroatoms. The molecule has 0 aromatic heterocycles. The average Bonchev–Trinajstić information content (AvgIpc) is 2.18. The molecular formula is C12H11F2N. The maximum absolute atomic E-state index is 14.0. The average molecular weight is 207 g/mol. The quantitative estimate of drug-likeness (QED) is 0.728. The van der Waals surface area contributed by atoms with Crippen LogP contribution < -0.4 is 0 Å². The molecule has 0 spiro atoms. The molecule has 0 aliphatic heterocycles. The molecule has 15 heavy (non-hydrogen) atoms. The van der Waals surface area contributed by atoms with Gasteiger partial charge in [-0.1, -0.05) is 30.3 Å². The molecule has 0 unspecified atom stereocenters. The standard InChI is InChI=1S/C12H11F2N/c13-12(14,10-5-2-1-3-6-10)11(9-15)7-4-8-11/h1-3,5-6H,4,7-8H2. The van der Waals surface area contributed by atoms with Crippen LogP contribution in [0.5, 0.6) is 0 Å². The summed E-state index contributed by atoms with van der Waals surface area (Å²) in [7, 11) is 0. The lowest BCUT2D eigenvalue weighted by atomic mass is 9.64. The number of nitrogens with zero attached hydrogens (tertiary/aromatic N) is 1. The minimum atomic E-state index is -3.03. The lowest BCUT2D eigenvalue weighted by Crippen LogP contribution is -2.43. The van der Waals surface area contributed by atoms with Gasteiger partial charge in [0.25, 0.3) is 5.92 Å². The van der Waals surface area contributed by atoms with Gasteiger partial charge in [-0.15, -0.1) is 0 Å². The zero-order chi connectivity index (χ0) is 10.9.